The average Bonchev–Trinajstić information content (AvgIpc) is 2.84. The molecule has 0 aliphatic carbocycles. The Balaban J connectivity index is 1.62. The topological polar surface area (TPSA) is 87.4 Å². The van der Waals surface area contributed by atoms with Crippen molar-refractivity contribution >= 4 is 58.1 Å². The van der Waals surface area contributed by atoms with Crippen molar-refractivity contribution in [3.63, 3.8) is 0 Å². The summed E-state index contributed by atoms with van der Waals surface area (Å²) in [5.41, 5.74) is 9.56. The molecule has 9 heteroatoms. The molecule has 0 radical (unpaired) electrons. The van der Waals surface area contributed by atoms with Crippen molar-refractivity contribution in [3.8, 4) is 0 Å². The Hall–Kier alpha value is -3.65. The number of nitrogens with zero attached hydrogens (tertiary/aromatic N) is 4. The second-order valence-corrected chi connectivity index (χ2v) is 10.5. The van der Waals surface area contributed by atoms with Crippen molar-refractivity contribution in [2.45, 2.75) is 32.4 Å². The van der Waals surface area contributed by atoms with Gasteiger partial charge < -0.3 is 11.1 Å². The SMILES string of the molecule is CC(C)(N)Cc1cccc(N2C(=O)N(c3c(Cl)cccc3Cl)Cc3cnc(Nc4ccccc4)nc32)c1. The molecule has 4 aromatic rings. The average molecular weight is 533 g/mol. The van der Waals surface area contributed by atoms with Crippen LogP contribution >= 0.6 is 23.2 Å². The van der Waals surface area contributed by atoms with E-state index in [-0.39, 0.29) is 12.6 Å². The van der Waals surface area contributed by atoms with Gasteiger partial charge in [0.1, 0.15) is 0 Å². The van der Waals surface area contributed by atoms with Gasteiger partial charge in [-0.2, -0.15) is 4.98 Å². The maximum absolute atomic E-state index is 14.1. The molecule has 1 aliphatic rings. The molecule has 0 unspecified atom stereocenters. The Morgan fingerprint density at radius 2 is 1.70 bits per heavy atom. The number of halogens is 2. The number of nitrogens with two attached hydrogens (primary N) is 1. The largest absolute Gasteiger partial charge is 0.335 e. The number of urea groups is 1. The maximum Gasteiger partial charge on any atom is 0.335 e. The lowest BCUT2D eigenvalue weighted by Gasteiger charge is -2.37. The summed E-state index contributed by atoms with van der Waals surface area (Å²) in [5, 5.41) is 3.97. The minimum absolute atomic E-state index is 0.218. The van der Waals surface area contributed by atoms with Crippen LogP contribution in [0.4, 0.5) is 33.6 Å². The van der Waals surface area contributed by atoms with Crippen LogP contribution in [-0.4, -0.2) is 21.5 Å². The summed E-state index contributed by atoms with van der Waals surface area (Å²) in [4.78, 5) is 26.5. The molecular weight excluding hydrogens is 507 g/mol. The Morgan fingerprint density at radius 3 is 2.41 bits per heavy atom. The number of aromatic nitrogens is 2. The van der Waals surface area contributed by atoms with Crippen LogP contribution in [0.15, 0.2) is 79.0 Å². The summed E-state index contributed by atoms with van der Waals surface area (Å²) >= 11 is 13.0. The van der Waals surface area contributed by atoms with Crippen molar-refractivity contribution < 1.29 is 4.79 Å². The van der Waals surface area contributed by atoms with Crippen LogP contribution in [0.3, 0.4) is 0 Å². The van der Waals surface area contributed by atoms with E-state index in [4.69, 9.17) is 33.9 Å². The highest BCUT2D eigenvalue weighted by molar-refractivity contribution is 6.40. The van der Waals surface area contributed by atoms with Crippen LogP contribution in [0.1, 0.15) is 25.0 Å². The number of hydrogen-bond donors (Lipinski definition) is 2. The first-order chi connectivity index (χ1) is 17.7. The fraction of sp³-hybridized carbons (Fsp3) is 0.179. The molecule has 0 saturated carbocycles. The smallest absolute Gasteiger partial charge is 0.325 e. The maximum atomic E-state index is 14.1. The number of benzene rings is 3. The zero-order chi connectivity index (χ0) is 26.2. The van der Waals surface area contributed by atoms with E-state index >= 15 is 0 Å². The van der Waals surface area contributed by atoms with Crippen LogP contribution in [0, 0.1) is 0 Å². The van der Waals surface area contributed by atoms with Gasteiger partial charge in [0.2, 0.25) is 5.95 Å². The molecule has 3 aromatic carbocycles. The van der Waals surface area contributed by atoms with E-state index in [0.29, 0.717) is 39.6 Å². The molecule has 5 rings (SSSR count). The molecular formula is C28H26Cl2N6O. The van der Waals surface area contributed by atoms with Gasteiger partial charge in [-0.3, -0.25) is 4.90 Å². The molecule has 2 amide bonds. The van der Waals surface area contributed by atoms with Gasteiger partial charge in [0.05, 0.1) is 28.0 Å². The third-order valence-corrected chi connectivity index (χ3v) is 6.48. The van der Waals surface area contributed by atoms with Gasteiger partial charge in [-0.1, -0.05) is 59.6 Å². The molecule has 0 atom stereocenters. The predicted molar refractivity (Wildman–Crippen MR) is 150 cm³/mol. The molecule has 1 aromatic heterocycles. The van der Waals surface area contributed by atoms with Gasteiger partial charge in [-0.15, -0.1) is 0 Å². The van der Waals surface area contributed by atoms with Crippen molar-refractivity contribution in [1.82, 2.24) is 9.97 Å². The Kier molecular flexibility index (Phi) is 6.77. The molecule has 0 fully saturated rings. The van der Waals surface area contributed by atoms with E-state index in [0.717, 1.165) is 16.8 Å². The standard InChI is InChI=1S/C28H26Cl2N6O/c1-28(2,31)15-18-8-6-11-21(14-18)36-25-19(16-32-26(34-25)33-20-9-4-3-5-10-20)17-35(27(36)37)24-22(29)12-7-13-23(24)30/h3-14,16H,15,17,31H2,1-2H3,(H,32,33,34). The lowest BCUT2D eigenvalue weighted by atomic mass is 9.96. The van der Waals surface area contributed by atoms with E-state index in [1.54, 1.807) is 34.2 Å². The number of fused-ring (bicyclic) bond motifs is 1. The first-order valence-electron chi connectivity index (χ1n) is 11.8. The van der Waals surface area contributed by atoms with Gasteiger partial charge in [0.15, 0.2) is 5.82 Å². The Morgan fingerprint density at radius 1 is 1.00 bits per heavy atom. The first-order valence-corrected chi connectivity index (χ1v) is 12.6. The lowest BCUT2D eigenvalue weighted by Crippen LogP contribution is -2.46. The number of carbonyl (C=O) groups is 1. The van der Waals surface area contributed by atoms with Crippen molar-refractivity contribution in [2.75, 3.05) is 15.1 Å². The molecule has 0 spiro atoms. The molecule has 0 saturated heterocycles. The van der Waals surface area contributed by atoms with Crippen molar-refractivity contribution in [2.24, 2.45) is 5.73 Å². The van der Waals surface area contributed by atoms with E-state index in [1.165, 1.54) is 0 Å². The minimum Gasteiger partial charge on any atom is -0.325 e. The summed E-state index contributed by atoms with van der Waals surface area (Å²) in [6.45, 7) is 4.16. The number of amides is 2. The summed E-state index contributed by atoms with van der Waals surface area (Å²) < 4.78 is 0. The number of nitrogens with one attached hydrogen (secondary N) is 1. The highest BCUT2D eigenvalue weighted by atomic mass is 35.5. The number of para-hydroxylation sites is 2. The number of rotatable bonds is 6. The highest BCUT2D eigenvalue weighted by Gasteiger charge is 2.36. The summed E-state index contributed by atoms with van der Waals surface area (Å²) in [6, 6.07) is 22.2. The van der Waals surface area contributed by atoms with Crippen LogP contribution < -0.4 is 20.9 Å². The minimum atomic E-state index is -0.408. The van der Waals surface area contributed by atoms with Gasteiger partial charge in [0.25, 0.3) is 0 Å². The van der Waals surface area contributed by atoms with E-state index < -0.39 is 5.54 Å². The molecule has 0 bridgehead atoms. The van der Waals surface area contributed by atoms with E-state index in [2.05, 4.69) is 10.3 Å². The van der Waals surface area contributed by atoms with Crippen LogP contribution in [0.25, 0.3) is 0 Å². The fourth-order valence-electron chi connectivity index (χ4n) is 4.35. The van der Waals surface area contributed by atoms with Gasteiger partial charge >= 0.3 is 6.03 Å². The molecule has 1 aliphatic heterocycles. The second-order valence-electron chi connectivity index (χ2n) is 9.64. The summed E-state index contributed by atoms with van der Waals surface area (Å²) in [6.07, 6.45) is 2.36. The summed E-state index contributed by atoms with van der Waals surface area (Å²) in [5.74, 6) is 0.869. The van der Waals surface area contributed by atoms with Crippen molar-refractivity contribution in [3.05, 3.63) is 100 Å². The fourth-order valence-corrected chi connectivity index (χ4v) is 4.95. The zero-order valence-corrected chi connectivity index (χ0v) is 22.0. The third kappa shape index (κ3) is 5.39. The second kappa shape index (κ2) is 10.0. The molecule has 37 heavy (non-hydrogen) atoms. The normalized spacial score (nSPS) is 13.5. The van der Waals surface area contributed by atoms with Crippen LogP contribution in [0.2, 0.25) is 10.0 Å². The van der Waals surface area contributed by atoms with Gasteiger partial charge in [0, 0.05) is 23.0 Å². The quantitative estimate of drug-likeness (QED) is 0.277. The van der Waals surface area contributed by atoms with E-state index in [1.807, 2.05) is 68.4 Å². The van der Waals surface area contributed by atoms with Gasteiger partial charge in [-0.25, -0.2) is 14.7 Å². The van der Waals surface area contributed by atoms with Gasteiger partial charge in [-0.05, 0) is 62.2 Å². The first kappa shape index (κ1) is 25.0. The summed E-state index contributed by atoms with van der Waals surface area (Å²) in [7, 11) is 0. The molecule has 188 valence electrons. The van der Waals surface area contributed by atoms with Crippen LogP contribution in [0.5, 0.6) is 0 Å². The van der Waals surface area contributed by atoms with E-state index in [9.17, 15) is 4.79 Å². The van der Waals surface area contributed by atoms with Crippen LogP contribution in [-0.2, 0) is 13.0 Å². The van der Waals surface area contributed by atoms with Crippen molar-refractivity contribution in [1.29, 1.82) is 0 Å². The Bertz CT molecular complexity index is 1430. The number of anilines is 5. The highest BCUT2D eigenvalue weighted by Crippen LogP contribution is 2.41. The lowest BCUT2D eigenvalue weighted by molar-refractivity contribution is 0.252. The predicted octanol–water partition coefficient (Wildman–Crippen LogP) is 7.09. The molecule has 7 nitrogen and oxygen atoms in total. The molecule has 2 heterocycles. The number of hydrogen-bond acceptors (Lipinski definition) is 5. The molecule has 3 N–H and O–H groups in total. The zero-order valence-electron chi connectivity index (χ0n) is 20.5. The third-order valence-electron chi connectivity index (χ3n) is 5.87. The number of carbonyl (C=O) groups excluding carboxylic acids is 1. The Labute approximate surface area is 225 Å². The monoisotopic (exact) mass is 532 g/mol.